The predicted octanol–water partition coefficient (Wildman–Crippen LogP) is 3.03. The van der Waals surface area contributed by atoms with Gasteiger partial charge in [-0.3, -0.25) is 0 Å². The van der Waals surface area contributed by atoms with Gasteiger partial charge in [0, 0.05) is 10.8 Å². The molecule has 106 valence electrons. The minimum absolute atomic E-state index is 0.0811. The van der Waals surface area contributed by atoms with Crippen LogP contribution in [-0.4, -0.2) is 19.3 Å². The Morgan fingerprint density at radius 3 is 2.62 bits per heavy atom. The molecule has 1 aliphatic rings. The molecule has 0 saturated carbocycles. The topological polar surface area (TPSA) is 48.7 Å². The third-order valence-electron chi connectivity index (χ3n) is 3.75. The number of hydrogen-bond acceptors (Lipinski definition) is 4. The number of fused-ring (bicyclic) bond motifs is 3. The first-order chi connectivity index (χ1) is 10.2. The van der Waals surface area contributed by atoms with E-state index in [0.717, 1.165) is 16.3 Å². The van der Waals surface area contributed by atoms with E-state index in [1.54, 1.807) is 6.07 Å². The molecule has 0 radical (unpaired) electrons. The zero-order valence-electron chi connectivity index (χ0n) is 11.6. The van der Waals surface area contributed by atoms with Crippen molar-refractivity contribution in [3.63, 3.8) is 0 Å². The van der Waals surface area contributed by atoms with Gasteiger partial charge in [0.1, 0.15) is 17.4 Å². The Morgan fingerprint density at radius 2 is 1.86 bits per heavy atom. The number of ether oxygens (including phenoxy) is 2. The normalized spacial score (nSPS) is 15.3. The Morgan fingerprint density at radius 1 is 1.05 bits per heavy atom. The SMILES string of the molecule is Cc1ccc2c(c1)oc(=O)c1cc(OC3COC3)ccc12. The van der Waals surface area contributed by atoms with Gasteiger partial charge in [-0.05, 0) is 36.8 Å². The van der Waals surface area contributed by atoms with Crippen LogP contribution in [0.25, 0.3) is 21.7 Å². The summed E-state index contributed by atoms with van der Waals surface area (Å²) in [4.78, 5) is 12.2. The van der Waals surface area contributed by atoms with Crippen molar-refractivity contribution in [1.82, 2.24) is 0 Å². The van der Waals surface area contributed by atoms with E-state index in [1.165, 1.54) is 0 Å². The summed E-state index contributed by atoms with van der Waals surface area (Å²) in [6.45, 7) is 3.18. The van der Waals surface area contributed by atoms with Crippen LogP contribution in [-0.2, 0) is 4.74 Å². The molecule has 0 spiro atoms. The lowest BCUT2D eigenvalue weighted by Crippen LogP contribution is -2.38. The van der Waals surface area contributed by atoms with Crippen molar-refractivity contribution in [3.05, 3.63) is 52.4 Å². The summed E-state index contributed by atoms with van der Waals surface area (Å²) in [7, 11) is 0. The van der Waals surface area contributed by atoms with Crippen LogP contribution in [0.3, 0.4) is 0 Å². The molecule has 0 aliphatic carbocycles. The molecule has 1 saturated heterocycles. The van der Waals surface area contributed by atoms with E-state index in [-0.39, 0.29) is 11.7 Å². The minimum Gasteiger partial charge on any atom is -0.486 e. The van der Waals surface area contributed by atoms with Crippen LogP contribution in [0.5, 0.6) is 5.75 Å². The fraction of sp³-hybridized carbons (Fsp3) is 0.235. The van der Waals surface area contributed by atoms with Gasteiger partial charge in [0.25, 0.3) is 0 Å². The Kier molecular flexibility index (Phi) is 2.72. The molecule has 1 aromatic heterocycles. The summed E-state index contributed by atoms with van der Waals surface area (Å²) < 4.78 is 16.2. The van der Waals surface area contributed by atoms with E-state index < -0.39 is 0 Å². The van der Waals surface area contributed by atoms with Crippen LogP contribution < -0.4 is 10.4 Å². The highest BCUT2D eigenvalue weighted by atomic mass is 16.6. The average Bonchev–Trinajstić information content (AvgIpc) is 2.43. The molecule has 4 rings (SSSR count). The zero-order valence-corrected chi connectivity index (χ0v) is 11.6. The van der Waals surface area contributed by atoms with Gasteiger partial charge in [-0.2, -0.15) is 0 Å². The monoisotopic (exact) mass is 282 g/mol. The maximum atomic E-state index is 12.2. The second kappa shape index (κ2) is 4.60. The first kappa shape index (κ1) is 12.4. The summed E-state index contributed by atoms with van der Waals surface area (Å²) in [5, 5.41) is 2.37. The van der Waals surface area contributed by atoms with Crippen molar-refractivity contribution < 1.29 is 13.9 Å². The van der Waals surface area contributed by atoms with Crippen molar-refractivity contribution in [2.24, 2.45) is 0 Å². The lowest BCUT2D eigenvalue weighted by Gasteiger charge is -2.26. The molecular formula is C17H14O4. The van der Waals surface area contributed by atoms with Gasteiger partial charge in [0.2, 0.25) is 0 Å². The molecule has 0 unspecified atom stereocenters. The molecule has 0 bridgehead atoms. The highest BCUT2D eigenvalue weighted by molar-refractivity contribution is 6.04. The van der Waals surface area contributed by atoms with Crippen LogP contribution in [0.2, 0.25) is 0 Å². The fourth-order valence-corrected chi connectivity index (χ4v) is 2.57. The van der Waals surface area contributed by atoms with Gasteiger partial charge < -0.3 is 13.9 Å². The van der Waals surface area contributed by atoms with Crippen molar-refractivity contribution in [2.45, 2.75) is 13.0 Å². The van der Waals surface area contributed by atoms with Gasteiger partial charge in [-0.1, -0.05) is 12.1 Å². The van der Waals surface area contributed by atoms with E-state index in [2.05, 4.69) is 0 Å². The lowest BCUT2D eigenvalue weighted by atomic mass is 10.1. The number of aryl methyl sites for hydroxylation is 1. The molecule has 0 atom stereocenters. The maximum Gasteiger partial charge on any atom is 0.344 e. The Balaban J connectivity index is 1.90. The molecule has 4 nitrogen and oxygen atoms in total. The molecule has 0 N–H and O–H groups in total. The smallest absolute Gasteiger partial charge is 0.344 e. The Labute approximate surface area is 120 Å². The summed E-state index contributed by atoms with van der Waals surface area (Å²) in [6.07, 6.45) is 0.0811. The van der Waals surface area contributed by atoms with Crippen molar-refractivity contribution in [2.75, 3.05) is 13.2 Å². The molecule has 2 aromatic carbocycles. The molecule has 3 aromatic rings. The molecule has 1 aliphatic heterocycles. The summed E-state index contributed by atoms with van der Waals surface area (Å²) in [6, 6.07) is 11.4. The molecule has 2 heterocycles. The first-order valence-electron chi connectivity index (χ1n) is 6.92. The van der Waals surface area contributed by atoms with Crippen LogP contribution in [0, 0.1) is 6.92 Å². The summed E-state index contributed by atoms with van der Waals surface area (Å²) in [5.41, 5.74) is 1.35. The summed E-state index contributed by atoms with van der Waals surface area (Å²) >= 11 is 0. The quantitative estimate of drug-likeness (QED) is 0.535. The molecule has 21 heavy (non-hydrogen) atoms. The Bertz CT molecular complexity index is 890. The maximum absolute atomic E-state index is 12.2. The summed E-state index contributed by atoms with van der Waals surface area (Å²) in [5.74, 6) is 0.676. The minimum atomic E-state index is -0.335. The van der Waals surface area contributed by atoms with Crippen molar-refractivity contribution in [3.8, 4) is 5.75 Å². The van der Waals surface area contributed by atoms with E-state index in [1.807, 2.05) is 37.3 Å². The lowest BCUT2D eigenvalue weighted by molar-refractivity contribution is -0.0796. The molecule has 1 fully saturated rings. The Hall–Kier alpha value is -2.33. The van der Waals surface area contributed by atoms with Crippen molar-refractivity contribution in [1.29, 1.82) is 0 Å². The highest BCUT2D eigenvalue weighted by Gasteiger charge is 2.20. The van der Waals surface area contributed by atoms with Crippen LogP contribution in [0.4, 0.5) is 0 Å². The highest BCUT2D eigenvalue weighted by Crippen LogP contribution is 2.27. The fourth-order valence-electron chi connectivity index (χ4n) is 2.57. The molecule has 0 amide bonds. The zero-order chi connectivity index (χ0) is 14.4. The van der Waals surface area contributed by atoms with Crippen LogP contribution >= 0.6 is 0 Å². The van der Waals surface area contributed by atoms with Gasteiger partial charge in [-0.15, -0.1) is 0 Å². The predicted molar refractivity (Wildman–Crippen MR) is 80.0 cm³/mol. The van der Waals surface area contributed by atoms with E-state index in [4.69, 9.17) is 13.9 Å². The number of hydrogen-bond donors (Lipinski definition) is 0. The van der Waals surface area contributed by atoms with Gasteiger partial charge in [0.15, 0.2) is 0 Å². The van der Waals surface area contributed by atoms with Crippen molar-refractivity contribution >= 4 is 21.7 Å². The first-order valence-corrected chi connectivity index (χ1v) is 6.92. The number of benzene rings is 2. The van der Waals surface area contributed by atoms with Gasteiger partial charge >= 0.3 is 5.63 Å². The van der Waals surface area contributed by atoms with E-state index in [0.29, 0.717) is 29.9 Å². The third-order valence-corrected chi connectivity index (χ3v) is 3.75. The van der Waals surface area contributed by atoms with Gasteiger partial charge in [-0.25, -0.2) is 4.79 Å². The third kappa shape index (κ3) is 2.08. The van der Waals surface area contributed by atoms with E-state index >= 15 is 0 Å². The number of rotatable bonds is 2. The van der Waals surface area contributed by atoms with E-state index in [9.17, 15) is 4.79 Å². The van der Waals surface area contributed by atoms with Crippen LogP contribution in [0.1, 0.15) is 5.56 Å². The molecular weight excluding hydrogens is 268 g/mol. The van der Waals surface area contributed by atoms with Crippen LogP contribution in [0.15, 0.2) is 45.6 Å². The average molecular weight is 282 g/mol. The second-order valence-corrected chi connectivity index (χ2v) is 5.37. The van der Waals surface area contributed by atoms with Gasteiger partial charge in [0.05, 0.1) is 18.6 Å². The standard InChI is InChI=1S/C17H14O4/c1-10-2-4-14-13-5-3-11(20-12-8-19-9-12)7-15(13)17(18)21-16(14)6-10/h2-7,12H,8-9H2,1H3. The molecule has 4 heteroatoms. The second-order valence-electron chi connectivity index (χ2n) is 5.37. The largest absolute Gasteiger partial charge is 0.486 e.